The first-order chi connectivity index (χ1) is 8.19. The first-order valence-corrected chi connectivity index (χ1v) is 6.60. The fourth-order valence-electron chi connectivity index (χ4n) is 1.99. The smallest absolute Gasteiger partial charge is 0.0741 e. The molecule has 2 unspecified atom stereocenters. The molecule has 0 fully saturated rings. The number of ether oxygens (including phenoxy) is 1. The van der Waals surface area contributed by atoms with Crippen molar-refractivity contribution in [3.63, 3.8) is 0 Å². The van der Waals surface area contributed by atoms with Crippen molar-refractivity contribution in [2.75, 3.05) is 13.2 Å². The summed E-state index contributed by atoms with van der Waals surface area (Å²) in [6.45, 7) is 10.3. The lowest BCUT2D eigenvalue weighted by molar-refractivity contribution is 0.0472. The zero-order valence-electron chi connectivity index (χ0n) is 11.5. The Bertz CT molecular complexity index is 307. The molecule has 2 heteroatoms. The molecule has 0 radical (unpaired) electrons. The van der Waals surface area contributed by atoms with Crippen LogP contribution in [0.5, 0.6) is 0 Å². The minimum Gasteiger partial charge on any atom is -0.377 e. The second-order valence-electron chi connectivity index (χ2n) is 4.50. The molecular formula is C15H25NO. The predicted octanol–water partition coefficient (Wildman–Crippen LogP) is 3.46. The summed E-state index contributed by atoms with van der Waals surface area (Å²) in [4.78, 5) is 0. The van der Waals surface area contributed by atoms with Gasteiger partial charge in [-0.05, 0) is 39.3 Å². The first-order valence-electron chi connectivity index (χ1n) is 6.60. The standard InChI is InChI=1S/C15H25NO/c1-5-11-16-15(13(4)17-6-2)14-9-7-12(3)8-10-14/h7-10,13,15-16H,5-6,11H2,1-4H3. The summed E-state index contributed by atoms with van der Waals surface area (Å²) >= 11 is 0. The Morgan fingerprint density at radius 2 is 1.82 bits per heavy atom. The highest BCUT2D eigenvalue weighted by Crippen LogP contribution is 2.19. The lowest BCUT2D eigenvalue weighted by atomic mass is 10.0. The first kappa shape index (κ1) is 14.2. The highest BCUT2D eigenvalue weighted by Gasteiger charge is 2.18. The second kappa shape index (κ2) is 7.46. The molecule has 2 atom stereocenters. The Labute approximate surface area is 105 Å². The van der Waals surface area contributed by atoms with Crippen molar-refractivity contribution < 1.29 is 4.74 Å². The highest BCUT2D eigenvalue weighted by molar-refractivity contribution is 5.24. The Morgan fingerprint density at radius 3 is 2.35 bits per heavy atom. The molecule has 2 nitrogen and oxygen atoms in total. The normalized spacial score (nSPS) is 14.6. The van der Waals surface area contributed by atoms with Crippen LogP contribution in [-0.2, 0) is 4.74 Å². The third-order valence-electron chi connectivity index (χ3n) is 2.95. The van der Waals surface area contributed by atoms with Crippen molar-refractivity contribution >= 4 is 0 Å². The summed E-state index contributed by atoms with van der Waals surface area (Å²) < 4.78 is 5.72. The molecule has 0 aliphatic heterocycles. The lowest BCUT2D eigenvalue weighted by Gasteiger charge is -2.25. The third kappa shape index (κ3) is 4.49. The van der Waals surface area contributed by atoms with Gasteiger partial charge in [0.05, 0.1) is 12.1 Å². The molecular weight excluding hydrogens is 210 g/mol. The van der Waals surface area contributed by atoms with Crippen LogP contribution >= 0.6 is 0 Å². The molecule has 0 saturated heterocycles. The number of aryl methyl sites for hydroxylation is 1. The maximum atomic E-state index is 5.72. The SMILES string of the molecule is CCCNC(c1ccc(C)cc1)C(C)OCC. The van der Waals surface area contributed by atoms with Gasteiger partial charge in [0.1, 0.15) is 0 Å². The topological polar surface area (TPSA) is 21.3 Å². The van der Waals surface area contributed by atoms with Gasteiger partial charge in [0.15, 0.2) is 0 Å². The minimum absolute atomic E-state index is 0.203. The predicted molar refractivity (Wildman–Crippen MR) is 73.3 cm³/mol. The largest absolute Gasteiger partial charge is 0.377 e. The van der Waals surface area contributed by atoms with Crippen LogP contribution in [0, 0.1) is 6.92 Å². The quantitative estimate of drug-likeness (QED) is 0.781. The Morgan fingerprint density at radius 1 is 1.18 bits per heavy atom. The van der Waals surface area contributed by atoms with E-state index in [9.17, 15) is 0 Å². The molecule has 1 aromatic rings. The van der Waals surface area contributed by atoms with Crippen LogP contribution in [0.2, 0.25) is 0 Å². The van der Waals surface area contributed by atoms with Crippen LogP contribution in [0.1, 0.15) is 44.4 Å². The van der Waals surface area contributed by atoms with Gasteiger partial charge in [0.25, 0.3) is 0 Å². The zero-order valence-corrected chi connectivity index (χ0v) is 11.5. The monoisotopic (exact) mass is 235 g/mol. The van der Waals surface area contributed by atoms with Crippen LogP contribution in [0.3, 0.4) is 0 Å². The van der Waals surface area contributed by atoms with Crippen molar-refractivity contribution in [3.8, 4) is 0 Å². The van der Waals surface area contributed by atoms with Gasteiger partial charge in [0.2, 0.25) is 0 Å². The second-order valence-corrected chi connectivity index (χ2v) is 4.50. The summed E-state index contributed by atoms with van der Waals surface area (Å²) in [6, 6.07) is 9.00. The summed E-state index contributed by atoms with van der Waals surface area (Å²) in [5.41, 5.74) is 2.61. The van der Waals surface area contributed by atoms with Gasteiger partial charge >= 0.3 is 0 Å². The van der Waals surface area contributed by atoms with Crippen molar-refractivity contribution in [1.82, 2.24) is 5.32 Å². The Balaban J connectivity index is 2.77. The number of hydrogen-bond donors (Lipinski definition) is 1. The van der Waals surface area contributed by atoms with Gasteiger partial charge in [-0.3, -0.25) is 0 Å². The molecule has 0 heterocycles. The maximum absolute atomic E-state index is 5.72. The number of nitrogens with one attached hydrogen (secondary N) is 1. The summed E-state index contributed by atoms with van der Waals surface area (Å²) in [5.74, 6) is 0. The van der Waals surface area contributed by atoms with Crippen molar-refractivity contribution in [2.24, 2.45) is 0 Å². The summed E-state index contributed by atoms with van der Waals surface area (Å²) in [5, 5.41) is 3.56. The van der Waals surface area contributed by atoms with E-state index in [-0.39, 0.29) is 12.1 Å². The molecule has 1 N–H and O–H groups in total. The summed E-state index contributed by atoms with van der Waals surface area (Å²) in [7, 11) is 0. The van der Waals surface area contributed by atoms with E-state index in [4.69, 9.17) is 4.74 Å². The van der Waals surface area contributed by atoms with E-state index >= 15 is 0 Å². The number of rotatable bonds is 7. The van der Waals surface area contributed by atoms with Gasteiger partial charge in [-0.25, -0.2) is 0 Å². The average molecular weight is 235 g/mol. The van der Waals surface area contributed by atoms with Gasteiger partial charge in [-0.1, -0.05) is 36.8 Å². The Kier molecular flexibility index (Phi) is 6.23. The molecule has 0 aromatic heterocycles. The van der Waals surface area contributed by atoms with Crippen LogP contribution < -0.4 is 5.32 Å². The average Bonchev–Trinajstić information content (AvgIpc) is 2.32. The molecule has 0 aliphatic rings. The number of benzene rings is 1. The van der Waals surface area contributed by atoms with E-state index in [0.717, 1.165) is 19.6 Å². The van der Waals surface area contributed by atoms with Gasteiger partial charge < -0.3 is 10.1 Å². The van der Waals surface area contributed by atoms with Crippen molar-refractivity contribution in [3.05, 3.63) is 35.4 Å². The van der Waals surface area contributed by atoms with Crippen molar-refractivity contribution in [1.29, 1.82) is 0 Å². The molecule has 0 bridgehead atoms. The molecule has 0 spiro atoms. The number of hydrogen-bond acceptors (Lipinski definition) is 2. The van der Waals surface area contributed by atoms with Gasteiger partial charge in [-0.2, -0.15) is 0 Å². The molecule has 1 rings (SSSR count). The van der Waals surface area contributed by atoms with E-state index in [2.05, 4.69) is 50.4 Å². The summed E-state index contributed by atoms with van der Waals surface area (Å²) in [6.07, 6.45) is 1.34. The van der Waals surface area contributed by atoms with E-state index < -0.39 is 0 Å². The molecule has 96 valence electrons. The van der Waals surface area contributed by atoms with Crippen LogP contribution in [-0.4, -0.2) is 19.3 Å². The fourth-order valence-corrected chi connectivity index (χ4v) is 1.99. The van der Waals surface area contributed by atoms with E-state index in [1.807, 2.05) is 6.92 Å². The molecule has 0 amide bonds. The Hall–Kier alpha value is -0.860. The van der Waals surface area contributed by atoms with E-state index in [0.29, 0.717) is 0 Å². The molecule has 0 saturated carbocycles. The fraction of sp³-hybridized carbons (Fsp3) is 0.600. The minimum atomic E-state index is 0.203. The van der Waals surface area contributed by atoms with Gasteiger partial charge in [-0.15, -0.1) is 0 Å². The van der Waals surface area contributed by atoms with E-state index in [1.165, 1.54) is 11.1 Å². The zero-order chi connectivity index (χ0) is 12.7. The van der Waals surface area contributed by atoms with Crippen molar-refractivity contribution in [2.45, 2.75) is 46.3 Å². The van der Waals surface area contributed by atoms with Crippen LogP contribution in [0.15, 0.2) is 24.3 Å². The van der Waals surface area contributed by atoms with Crippen LogP contribution in [0.4, 0.5) is 0 Å². The molecule has 17 heavy (non-hydrogen) atoms. The van der Waals surface area contributed by atoms with Gasteiger partial charge in [0, 0.05) is 6.61 Å². The van der Waals surface area contributed by atoms with E-state index in [1.54, 1.807) is 0 Å². The van der Waals surface area contributed by atoms with Crippen LogP contribution in [0.25, 0.3) is 0 Å². The maximum Gasteiger partial charge on any atom is 0.0741 e. The lowest BCUT2D eigenvalue weighted by Crippen LogP contribution is -2.32. The third-order valence-corrected chi connectivity index (χ3v) is 2.95. The molecule has 0 aliphatic carbocycles. The highest BCUT2D eigenvalue weighted by atomic mass is 16.5. The molecule has 1 aromatic carbocycles.